The quantitative estimate of drug-likeness (QED) is 0.427. The van der Waals surface area contributed by atoms with Crippen molar-refractivity contribution in [2.45, 2.75) is 59.8 Å². The van der Waals surface area contributed by atoms with Crippen LogP contribution in [-0.2, 0) is 0 Å². The molecule has 0 N–H and O–H groups in total. The minimum absolute atomic E-state index is 0.637. The molecule has 0 radical (unpaired) electrons. The molecule has 1 fully saturated rings. The molecule has 0 heteroatoms. The minimum Gasteiger partial charge on any atom is -0.0849 e. The van der Waals surface area contributed by atoms with Crippen molar-refractivity contribution in [1.29, 1.82) is 0 Å². The molecule has 2 aliphatic rings. The van der Waals surface area contributed by atoms with Crippen LogP contribution in [0.5, 0.6) is 0 Å². The average molecular weight is 205 g/mol. The van der Waals surface area contributed by atoms with Crippen molar-refractivity contribution in [2.75, 3.05) is 0 Å². The van der Waals surface area contributed by atoms with Crippen molar-refractivity contribution in [3.63, 3.8) is 0 Å². The first-order valence-corrected chi connectivity index (χ1v) is 6.52. The van der Waals surface area contributed by atoms with Crippen molar-refractivity contribution in [1.82, 2.24) is 0 Å². The van der Waals surface area contributed by atoms with Crippen LogP contribution in [0.25, 0.3) is 0 Å². The lowest BCUT2D eigenvalue weighted by atomic mass is 9.62. The first kappa shape index (κ1) is 11.1. The van der Waals surface area contributed by atoms with E-state index in [0.717, 1.165) is 11.8 Å². The van der Waals surface area contributed by atoms with E-state index in [-0.39, 0.29) is 0 Å². The zero-order valence-corrected chi connectivity index (χ0v) is 10.8. The number of hydrogen-bond donors (Lipinski definition) is 0. The van der Waals surface area contributed by atoms with E-state index in [2.05, 4.69) is 33.8 Å². The van der Waals surface area contributed by atoms with Crippen LogP contribution in [0.1, 0.15) is 59.8 Å². The van der Waals surface area contributed by atoms with E-state index in [1.807, 2.05) is 0 Å². The molecule has 15 heavy (non-hydrogen) atoms. The maximum atomic E-state index is 2.52. The van der Waals surface area contributed by atoms with Gasteiger partial charge in [0.2, 0.25) is 0 Å². The molecule has 0 aromatic rings. The maximum absolute atomic E-state index is 2.52. The standard InChI is InChI=1S/C15H25/c1-11(2)14-6-5-13(4)15(14)9-7-12(3)8-10-15/h7,13-14H,5-6,8-10H2,1-4H3/q+1. The molecule has 0 aromatic heterocycles. The molecule has 1 spiro atoms. The van der Waals surface area contributed by atoms with Crippen LogP contribution in [-0.4, -0.2) is 0 Å². The van der Waals surface area contributed by atoms with E-state index in [1.54, 1.807) is 11.5 Å². The Morgan fingerprint density at radius 1 is 1.33 bits per heavy atom. The Balaban J connectivity index is 2.23. The Morgan fingerprint density at radius 3 is 2.60 bits per heavy atom. The second-order valence-corrected chi connectivity index (χ2v) is 6.10. The fourth-order valence-electron chi connectivity index (χ4n) is 3.96. The maximum Gasteiger partial charge on any atom is 0.106 e. The van der Waals surface area contributed by atoms with Gasteiger partial charge in [-0.05, 0) is 44.9 Å². The lowest BCUT2D eigenvalue weighted by Gasteiger charge is -2.39. The molecule has 3 atom stereocenters. The van der Waals surface area contributed by atoms with Crippen molar-refractivity contribution in [3.05, 3.63) is 17.6 Å². The van der Waals surface area contributed by atoms with Crippen LogP contribution < -0.4 is 0 Å². The largest absolute Gasteiger partial charge is 0.106 e. The summed E-state index contributed by atoms with van der Waals surface area (Å²) in [6, 6.07) is 0. The van der Waals surface area contributed by atoms with Crippen LogP contribution in [0, 0.1) is 23.2 Å². The SMILES string of the molecule is CC1=CCC2(CC1)C(C)CCC2[C+](C)C. The molecule has 0 aliphatic heterocycles. The highest BCUT2D eigenvalue weighted by Crippen LogP contribution is 2.58. The van der Waals surface area contributed by atoms with Gasteiger partial charge in [-0.15, -0.1) is 0 Å². The summed E-state index contributed by atoms with van der Waals surface area (Å²) in [5, 5.41) is 0. The lowest BCUT2D eigenvalue weighted by Crippen LogP contribution is -2.34. The fraction of sp³-hybridized carbons (Fsp3) is 0.800. The summed E-state index contributed by atoms with van der Waals surface area (Å²) in [6.45, 7) is 9.46. The van der Waals surface area contributed by atoms with Gasteiger partial charge >= 0.3 is 0 Å². The summed E-state index contributed by atoms with van der Waals surface area (Å²) in [6.07, 6.45) is 9.52. The molecule has 1 saturated carbocycles. The zero-order chi connectivity index (χ0) is 11.1. The van der Waals surface area contributed by atoms with Crippen molar-refractivity contribution in [3.8, 4) is 0 Å². The van der Waals surface area contributed by atoms with Crippen LogP contribution in [0.3, 0.4) is 0 Å². The van der Waals surface area contributed by atoms with Gasteiger partial charge in [-0.25, -0.2) is 0 Å². The van der Waals surface area contributed by atoms with Crippen LogP contribution >= 0.6 is 0 Å². The molecule has 0 aromatic carbocycles. The van der Waals surface area contributed by atoms with E-state index >= 15 is 0 Å². The van der Waals surface area contributed by atoms with Gasteiger partial charge in [-0.2, -0.15) is 0 Å². The predicted molar refractivity (Wildman–Crippen MR) is 66.5 cm³/mol. The number of allylic oxidation sites excluding steroid dienone is 2. The molecule has 84 valence electrons. The summed E-state index contributed by atoms with van der Waals surface area (Å²) in [7, 11) is 0. The summed E-state index contributed by atoms with van der Waals surface area (Å²) in [4.78, 5) is 0. The van der Waals surface area contributed by atoms with Crippen molar-refractivity contribution < 1.29 is 0 Å². The molecular formula is C15H25+. The van der Waals surface area contributed by atoms with Gasteiger partial charge in [0.25, 0.3) is 0 Å². The molecule has 2 rings (SSSR count). The molecule has 0 amide bonds. The van der Waals surface area contributed by atoms with E-state index in [0.29, 0.717) is 5.41 Å². The molecule has 0 saturated heterocycles. The summed E-state index contributed by atoms with van der Waals surface area (Å²) in [5.74, 6) is 3.51. The fourth-order valence-corrected chi connectivity index (χ4v) is 3.96. The third-order valence-corrected chi connectivity index (χ3v) is 5.08. The van der Waals surface area contributed by atoms with Crippen LogP contribution in [0.2, 0.25) is 0 Å². The smallest absolute Gasteiger partial charge is 0.0849 e. The lowest BCUT2D eigenvalue weighted by molar-refractivity contribution is 0.130. The van der Waals surface area contributed by atoms with Gasteiger partial charge in [0.05, 0.1) is 19.8 Å². The first-order chi connectivity index (χ1) is 7.06. The Morgan fingerprint density at radius 2 is 2.07 bits per heavy atom. The van der Waals surface area contributed by atoms with Gasteiger partial charge < -0.3 is 0 Å². The third kappa shape index (κ3) is 1.73. The average Bonchev–Trinajstić information content (AvgIpc) is 2.50. The van der Waals surface area contributed by atoms with Gasteiger partial charge in [-0.3, -0.25) is 0 Å². The monoisotopic (exact) mass is 205 g/mol. The summed E-state index contributed by atoms with van der Waals surface area (Å²) >= 11 is 0. The summed E-state index contributed by atoms with van der Waals surface area (Å²) < 4.78 is 0. The molecule has 0 nitrogen and oxygen atoms in total. The van der Waals surface area contributed by atoms with Gasteiger partial charge in [0.15, 0.2) is 0 Å². The topological polar surface area (TPSA) is 0 Å². The molecular weight excluding hydrogens is 180 g/mol. The number of rotatable bonds is 1. The van der Waals surface area contributed by atoms with Gasteiger partial charge in [-0.1, -0.05) is 18.6 Å². The van der Waals surface area contributed by atoms with Crippen LogP contribution in [0.4, 0.5) is 0 Å². The summed E-state index contributed by atoms with van der Waals surface area (Å²) in [5.41, 5.74) is 2.26. The van der Waals surface area contributed by atoms with Gasteiger partial charge in [0, 0.05) is 5.41 Å². The highest BCUT2D eigenvalue weighted by molar-refractivity contribution is 5.15. The molecule has 0 heterocycles. The Hall–Kier alpha value is -0.390. The number of hydrogen-bond acceptors (Lipinski definition) is 0. The Kier molecular flexibility index (Phi) is 2.87. The van der Waals surface area contributed by atoms with E-state index in [9.17, 15) is 0 Å². The molecule has 2 aliphatic carbocycles. The molecule has 0 bridgehead atoms. The predicted octanol–water partition coefficient (Wildman–Crippen LogP) is 4.76. The second kappa shape index (κ2) is 3.88. The first-order valence-electron chi connectivity index (χ1n) is 6.52. The highest BCUT2D eigenvalue weighted by atomic mass is 14.5. The Bertz CT molecular complexity index is 261. The van der Waals surface area contributed by atoms with E-state index in [4.69, 9.17) is 0 Å². The van der Waals surface area contributed by atoms with E-state index < -0.39 is 0 Å². The third-order valence-electron chi connectivity index (χ3n) is 5.08. The Labute approximate surface area is 95.1 Å². The minimum atomic E-state index is 0.637. The van der Waals surface area contributed by atoms with Crippen LogP contribution in [0.15, 0.2) is 11.6 Å². The highest BCUT2D eigenvalue weighted by Gasteiger charge is 2.53. The van der Waals surface area contributed by atoms with Crippen molar-refractivity contribution in [2.24, 2.45) is 17.3 Å². The zero-order valence-electron chi connectivity index (χ0n) is 10.8. The second-order valence-electron chi connectivity index (χ2n) is 6.10. The van der Waals surface area contributed by atoms with Gasteiger partial charge in [0.1, 0.15) is 5.92 Å². The van der Waals surface area contributed by atoms with E-state index in [1.165, 1.54) is 32.1 Å². The van der Waals surface area contributed by atoms with Crippen molar-refractivity contribution >= 4 is 0 Å². The normalized spacial score (nSPS) is 40.7. The molecule has 3 unspecified atom stereocenters.